The summed E-state index contributed by atoms with van der Waals surface area (Å²) in [7, 11) is 0. The Morgan fingerprint density at radius 3 is 1.60 bits per heavy atom. The average Bonchev–Trinajstić information content (AvgIpc) is 3.59. The molecule has 0 bridgehead atoms. The Bertz CT molecular complexity index is 1820. The Hall–Kier alpha value is -6.02. The number of amides is 3. The van der Waals surface area contributed by atoms with Gasteiger partial charge in [-0.15, -0.1) is 0 Å². The molecule has 5 aromatic carbocycles. The smallest absolute Gasteiger partial charge is 0.427 e. The highest BCUT2D eigenvalue weighted by atomic mass is 16.6. The molecule has 1 atom stereocenters. The Morgan fingerprint density at radius 1 is 0.660 bits per heavy atom. The lowest BCUT2D eigenvalue weighted by atomic mass is 9.77. The van der Waals surface area contributed by atoms with E-state index in [1.807, 2.05) is 140 Å². The Kier molecular flexibility index (Phi) is 7.83. The molecule has 1 fully saturated rings. The number of ether oxygens (including phenoxy) is 2. The highest BCUT2D eigenvalue weighted by molar-refractivity contribution is 6.05. The van der Waals surface area contributed by atoms with Crippen LogP contribution in [0.4, 0.5) is 9.59 Å². The zero-order valence-electron chi connectivity index (χ0n) is 25.2. The van der Waals surface area contributed by atoms with Gasteiger partial charge in [0, 0.05) is 5.92 Å². The van der Waals surface area contributed by atoms with Crippen LogP contribution in [0.1, 0.15) is 40.2 Å². The number of nitrogens with zero attached hydrogens (tertiary/aromatic N) is 1. The van der Waals surface area contributed by atoms with Gasteiger partial charge in [-0.25, -0.2) is 14.4 Å². The summed E-state index contributed by atoms with van der Waals surface area (Å²) in [4.78, 5) is 53.8. The molecule has 0 aromatic heterocycles. The van der Waals surface area contributed by atoms with Crippen LogP contribution in [0, 0.1) is 0 Å². The maximum absolute atomic E-state index is 14.0. The van der Waals surface area contributed by atoms with E-state index in [-0.39, 0.29) is 12.5 Å². The molecule has 232 valence electrons. The Balaban J connectivity index is 1.15. The van der Waals surface area contributed by atoms with Crippen LogP contribution in [-0.4, -0.2) is 41.6 Å². The van der Waals surface area contributed by atoms with Crippen molar-refractivity contribution in [2.75, 3.05) is 6.61 Å². The minimum absolute atomic E-state index is 0.0666. The molecule has 47 heavy (non-hydrogen) atoms. The first-order valence-corrected chi connectivity index (χ1v) is 15.3. The predicted molar refractivity (Wildman–Crippen MR) is 174 cm³/mol. The predicted octanol–water partition coefficient (Wildman–Crippen LogP) is 6.78. The second-order valence-corrected chi connectivity index (χ2v) is 11.5. The zero-order valence-corrected chi connectivity index (χ0v) is 25.2. The topological polar surface area (TPSA) is 102 Å². The van der Waals surface area contributed by atoms with E-state index >= 15 is 0 Å². The van der Waals surface area contributed by atoms with E-state index in [0.717, 1.165) is 38.9 Å². The SMILES string of the molecule is O=C(C[C@H]1C(=O)OC(=O)N1C(=O)OCC1c2ccccc2-c2ccccc21)NC(c1ccccc1)(c1ccccc1)c1ccccc1. The second-order valence-electron chi connectivity index (χ2n) is 11.5. The molecule has 5 aromatic rings. The van der Waals surface area contributed by atoms with Gasteiger partial charge in [-0.3, -0.25) is 4.79 Å². The molecule has 3 amide bonds. The first-order chi connectivity index (χ1) is 23.0. The summed E-state index contributed by atoms with van der Waals surface area (Å²) < 4.78 is 10.5. The lowest BCUT2D eigenvalue weighted by Gasteiger charge is -2.37. The van der Waals surface area contributed by atoms with Gasteiger partial charge in [0.1, 0.15) is 12.1 Å². The van der Waals surface area contributed by atoms with Gasteiger partial charge in [0.15, 0.2) is 6.04 Å². The number of fused-ring (bicyclic) bond motifs is 3. The van der Waals surface area contributed by atoms with Crippen LogP contribution in [0.25, 0.3) is 11.1 Å². The van der Waals surface area contributed by atoms with Crippen LogP contribution >= 0.6 is 0 Å². The van der Waals surface area contributed by atoms with Gasteiger partial charge >= 0.3 is 18.2 Å². The van der Waals surface area contributed by atoms with Crippen molar-refractivity contribution < 1.29 is 28.7 Å². The highest BCUT2D eigenvalue weighted by Crippen LogP contribution is 2.44. The van der Waals surface area contributed by atoms with Gasteiger partial charge in [0.05, 0.1) is 6.42 Å². The molecule has 1 heterocycles. The monoisotopic (exact) mass is 622 g/mol. The largest absolute Gasteiger partial charge is 0.448 e. The van der Waals surface area contributed by atoms with Crippen LogP contribution in [-0.2, 0) is 24.6 Å². The van der Waals surface area contributed by atoms with Gasteiger partial charge in [0.25, 0.3) is 0 Å². The van der Waals surface area contributed by atoms with E-state index in [9.17, 15) is 19.2 Å². The third-order valence-electron chi connectivity index (χ3n) is 8.83. The number of carbonyl (C=O) groups excluding carboxylic acids is 4. The summed E-state index contributed by atoms with van der Waals surface area (Å²) >= 11 is 0. The van der Waals surface area contributed by atoms with Crippen LogP contribution in [0.3, 0.4) is 0 Å². The van der Waals surface area contributed by atoms with E-state index in [0.29, 0.717) is 4.90 Å². The number of carbonyl (C=O) groups is 4. The Labute approximate surface area is 271 Å². The third-order valence-corrected chi connectivity index (χ3v) is 8.83. The standard InChI is InChI=1S/C39H30N2O6/c42-35(40-39(26-14-4-1-5-15-26,27-16-6-2-7-17-27)28-18-8-3-9-19-28)24-34-36(43)47-38(45)41(34)37(44)46-25-33-31-22-12-10-20-29(31)30-21-11-13-23-32(30)33/h1-23,33-34H,24-25H2,(H,40,42)/t34-/m0/s1. The molecule has 0 saturated carbocycles. The number of imide groups is 1. The number of hydrogen-bond acceptors (Lipinski definition) is 6. The molecule has 1 aliphatic carbocycles. The summed E-state index contributed by atoms with van der Waals surface area (Å²) in [6.45, 7) is -0.0666. The van der Waals surface area contributed by atoms with E-state index in [1.165, 1.54) is 0 Å². The van der Waals surface area contributed by atoms with Crippen molar-refractivity contribution >= 4 is 24.1 Å². The van der Waals surface area contributed by atoms with Crippen molar-refractivity contribution in [2.24, 2.45) is 0 Å². The summed E-state index contributed by atoms with van der Waals surface area (Å²) in [5.74, 6) is -1.83. The Morgan fingerprint density at radius 2 is 1.11 bits per heavy atom. The number of benzene rings is 5. The third kappa shape index (κ3) is 5.33. The molecule has 1 N–H and O–H groups in total. The minimum atomic E-state index is -1.50. The van der Waals surface area contributed by atoms with E-state index in [1.54, 1.807) is 0 Å². The molecule has 8 nitrogen and oxygen atoms in total. The van der Waals surface area contributed by atoms with E-state index in [4.69, 9.17) is 9.47 Å². The molecule has 0 unspecified atom stereocenters. The molecule has 0 radical (unpaired) electrons. The summed E-state index contributed by atoms with van der Waals surface area (Å²) in [6, 6.07) is 42.7. The van der Waals surface area contributed by atoms with Crippen molar-refractivity contribution in [3.8, 4) is 11.1 Å². The molecular weight excluding hydrogens is 592 g/mol. The number of cyclic esters (lactones) is 2. The summed E-state index contributed by atoms with van der Waals surface area (Å²) in [6.07, 6.45) is -2.75. The summed E-state index contributed by atoms with van der Waals surface area (Å²) in [5, 5.41) is 3.16. The first kappa shape index (κ1) is 29.7. The van der Waals surface area contributed by atoms with E-state index < -0.39 is 42.1 Å². The van der Waals surface area contributed by atoms with Gasteiger partial charge in [-0.1, -0.05) is 140 Å². The molecular formula is C39H30N2O6. The fourth-order valence-corrected chi connectivity index (χ4v) is 6.69. The van der Waals surface area contributed by atoms with Crippen LogP contribution in [0.2, 0.25) is 0 Å². The van der Waals surface area contributed by atoms with Crippen LogP contribution in [0.5, 0.6) is 0 Å². The van der Waals surface area contributed by atoms with Crippen molar-refractivity contribution in [3.63, 3.8) is 0 Å². The average molecular weight is 623 g/mol. The van der Waals surface area contributed by atoms with Crippen molar-refractivity contribution in [1.82, 2.24) is 10.2 Å². The molecule has 1 saturated heterocycles. The summed E-state index contributed by atoms with van der Waals surface area (Å²) in [5.41, 5.74) is 5.29. The number of rotatable bonds is 8. The van der Waals surface area contributed by atoms with Gasteiger partial charge in [-0.05, 0) is 38.9 Å². The lowest BCUT2D eigenvalue weighted by molar-refractivity contribution is -0.138. The second kappa shape index (κ2) is 12.4. The quantitative estimate of drug-likeness (QED) is 0.116. The van der Waals surface area contributed by atoms with Crippen LogP contribution in [0.15, 0.2) is 140 Å². The van der Waals surface area contributed by atoms with Gasteiger partial charge in [0.2, 0.25) is 5.91 Å². The van der Waals surface area contributed by atoms with Gasteiger partial charge < -0.3 is 14.8 Å². The maximum atomic E-state index is 14.0. The van der Waals surface area contributed by atoms with Gasteiger partial charge in [-0.2, -0.15) is 4.90 Å². The lowest BCUT2D eigenvalue weighted by Crippen LogP contribution is -2.50. The first-order valence-electron chi connectivity index (χ1n) is 15.3. The minimum Gasteiger partial charge on any atom is -0.448 e. The molecule has 2 aliphatic rings. The van der Waals surface area contributed by atoms with Crippen molar-refractivity contribution in [1.29, 1.82) is 0 Å². The highest BCUT2D eigenvalue weighted by Gasteiger charge is 2.48. The number of hydrogen-bond donors (Lipinski definition) is 1. The fraction of sp³-hybridized carbons (Fsp3) is 0.128. The molecule has 7 rings (SSSR count). The molecule has 0 spiro atoms. The zero-order chi connectivity index (χ0) is 32.4. The van der Waals surface area contributed by atoms with Crippen molar-refractivity contribution in [3.05, 3.63) is 167 Å². The molecule has 1 aliphatic heterocycles. The fourth-order valence-electron chi connectivity index (χ4n) is 6.69. The molecule has 8 heteroatoms. The normalized spacial score (nSPS) is 15.5. The van der Waals surface area contributed by atoms with E-state index in [2.05, 4.69) is 5.32 Å². The maximum Gasteiger partial charge on any atom is 0.427 e. The van der Waals surface area contributed by atoms with Crippen LogP contribution < -0.4 is 5.32 Å². The van der Waals surface area contributed by atoms with Crippen molar-refractivity contribution in [2.45, 2.75) is 23.9 Å². The number of nitrogens with one attached hydrogen (secondary N) is 1. The number of esters is 1.